The predicted octanol–water partition coefficient (Wildman–Crippen LogP) is 3.25. The Hall–Kier alpha value is -2.54. The summed E-state index contributed by atoms with van der Waals surface area (Å²) < 4.78 is 5.81. The molecule has 0 fully saturated rings. The zero-order valence-corrected chi connectivity index (χ0v) is 11.2. The number of aryl methyl sites for hydroxylation is 3. The van der Waals surface area contributed by atoms with Crippen molar-refractivity contribution in [1.82, 2.24) is 4.98 Å². The normalized spacial score (nSPS) is 10.0. The first-order valence-corrected chi connectivity index (χ1v) is 5.93. The molecule has 0 aliphatic heterocycles. The zero-order valence-electron chi connectivity index (χ0n) is 11.2. The number of rotatable bonds is 2. The number of benzene rings is 1. The van der Waals surface area contributed by atoms with Crippen LogP contribution in [0.2, 0.25) is 0 Å². The van der Waals surface area contributed by atoms with Crippen molar-refractivity contribution >= 4 is 5.69 Å². The SMILES string of the molecule is Cc1ccc(N)c(Oc2c(C)cc(C#N)cc2C)n1. The highest BCUT2D eigenvalue weighted by molar-refractivity contribution is 5.53. The van der Waals surface area contributed by atoms with Gasteiger partial charge in [0.25, 0.3) is 0 Å². The average Bonchev–Trinajstić information content (AvgIpc) is 2.37. The van der Waals surface area contributed by atoms with Crippen LogP contribution in [0.1, 0.15) is 22.4 Å². The molecule has 1 aromatic carbocycles. The quantitative estimate of drug-likeness (QED) is 0.891. The molecule has 0 spiro atoms. The summed E-state index contributed by atoms with van der Waals surface area (Å²) in [6, 6.07) is 9.30. The van der Waals surface area contributed by atoms with E-state index in [0.717, 1.165) is 16.8 Å². The van der Waals surface area contributed by atoms with Gasteiger partial charge in [-0.25, -0.2) is 4.98 Å². The molecule has 0 saturated heterocycles. The lowest BCUT2D eigenvalue weighted by Crippen LogP contribution is -1.99. The Labute approximate surface area is 112 Å². The number of pyridine rings is 1. The summed E-state index contributed by atoms with van der Waals surface area (Å²) in [6.07, 6.45) is 0. The van der Waals surface area contributed by atoms with Gasteiger partial charge in [-0.3, -0.25) is 0 Å². The molecule has 0 amide bonds. The summed E-state index contributed by atoms with van der Waals surface area (Å²) in [7, 11) is 0. The van der Waals surface area contributed by atoms with Gasteiger partial charge in [0.1, 0.15) is 5.75 Å². The van der Waals surface area contributed by atoms with Crippen LogP contribution in [-0.4, -0.2) is 4.98 Å². The minimum absolute atomic E-state index is 0.399. The van der Waals surface area contributed by atoms with Gasteiger partial charge in [-0.05, 0) is 56.2 Å². The third kappa shape index (κ3) is 2.66. The first-order chi connectivity index (χ1) is 9.01. The molecule has 2 N–H and O–H groups in total. The van der Waals surface area contributed by atoms with E-state index in [1.165, 1.54) is 0 Å². The third-order valence-electron chi connectivity index (χ3n) is 2.82. The van der Waals surface area contributed by atoms with E-state index in [2.05, 4.69) is 11.1 Å². The number of nitrogens with zero attached hydrogens (tertiary/aromatic N) is 2. The molecule has 0 saturated carbocycles. The number of anilines is 1. The van der Waals surface area contributed by atoms with Crippen LogP contribution >= 0.6 is 0 Å². The number of nitrogens with two attached hydrogens (primary N) is 1. The topological polar surface area (TPSA) is 71.9 Å². The van der Waals surface area contributed by atoms with E-state index < -0.39 is 0 Å². The molecule has 0 atom stereocenters. The molecule has 0 unspecified atom stereocenters. The third-order valence-corrected chi connectivity index (χ3v) is 2.82. The van der Waals surface area contributed by atoms with E-state index >= 15 is 0 Å². The summed E-state index contributed by atoms with van der Waals surface area (Å²) in [4.78, 5) is 4.28. The predicted molar refractivity (Wildman–Crippen MR) is 74.1 cm³/mol. The summed E-state index contributed by atoms with van der Waals surface area (Å²) in [5.74, 6) is 1.10. The Morgan fingerprint density at radius 3 is 2.37 bits per heavy atom. The van der Waals surface area contributed by atoms with Crippen LogP contribution in [0.3, 0.4) is 0 Å². The maximum atomic E-state index is 8.92. The summed E-state index contributed by atoms with van der Waals surface area (Å²) in [6.45, 7) is 5.68. The molecule has 19 heavy (non-hydrogen) atoms. The Kier molecular flexibility index (Phi) is 3.39. The summed E-state index contributed by atoms with van der Waals surface area (Å²) in [5.41, 5.74) is 9.58. The number of nitrogen functional groups attached to an aromatic ring is 1. The van der Waals surface area contributed by atoms with Crippen LogP contribution in [0.4, 0.5) is 5.69 Å². The Bertz CT molecular complexity index is 649. The Balaban J connectivity index is 2.44. The second-order valence-corrected chi connectivity index (χ2v) is 4.50. The van der Waals surface area contributed by atoms with Crippen molar-refractivity contribution in [3.63, 3.8) is 0 Å². The molecule has 1 aromatic heterocycles. The second kappa shape index (κ2) is 4.99. The van der Waals surface area contributed by atoms with Crippen LogP contribution in [0.15, 0.2) is 24.3 Å². The van der Waals surface area contributed by atoms with E-state index in [0.29, 0.717) is 22.9 Å². The number of nitriles is 1. The maximum Gasteiger partial charge on any atom is 0.242 e. The lowest BCUT2D eigenvalue weighted by molar-refractivity contribution is 0.457. The molecule has 96 valence electrons. The van der Waals surface area contributed by atoms with Crippen molar-refractivity contribution in [2.75, 3.05) is 5.73 Å². The van der Waals surface area contributed by atoms with Gasteiger partial charge >= 0.3 is 0 Å². The molecule has 4 nitrogen and oxygen atoms in total. The molecular formula is C15H15N3O. The van der Waals surface area contributed by atoms with Gasteiger partial charge in [0.05, 0.1) is 17.3 Å². The largest absolute Gasteiger partial charge is 0.437 e. The number of aromatic nitrogens is 1. The fraction of sp³-hybridized carbons (Fsp3) is 0.200. The zero-order chi connectivity index (χ0) is 14.0. The molecule has 4 heteroatoms. The van der Waals surface area contributed by atoms with E-state index in [1.807, 2.05) is 26.8 Å². The maximum absolute atomic E-state index is 8.92. The van der Waals surface area contributed by atoms with Gasteiger partial charge < -0.3 is 10.5 Å². The van der Waals surface area contributed by atoms with Gasteiger partial charge in [-0.1, -0.05) is 0 Å². The van der Waals surface area contributed by atoms with Crippen LogP contribution in [0.5, 0.6) is 11.6 Å². The molecule has 2 aromatic rings. The average molecular weight is 253 g/mol. The van der Waals surface area contributed by atoms with Gasteiger partial charge in [0.2, 0.25) is 5.88 Å². The summed E-state index contributed by atoms with van der Waals surface area (Å²) >= 11 is 0. The van der Waals surface area contributed by atoms with Gasteiger partial charge in [0, 0.05) is 5.69 Å². The van der Waals surface area contributed by atoms with Gasteiger partial charge in [-0.15, -0.1) is 0 Å². The molecule has 0 aliphatic carbocycles. The van der Waals surface area contributed by atoms with E-state index in [4.69, 9.17) is 15.7 Å². The van der Waals surface area contributed by atoms with Crippen molar-refractivity contribution in [2.45, 2.75) is 20.8 Å². The molecule has 2 rings (SSSR count). The lowest BCUT2D eigenvalue weighted by Gasteiger charge is -2.13. The van der Waals surface area contributed by atoms with Crippen molar-refractivity contribution in [1.29, 1.82) is 5.26 Å². The number of hydrogen-bond acceptors (Lipinski definition) is 4. The van der Waals surface area contributed by atoms with Crippen LogP contribution in [0.25, 0.3) is 0 Å². The lowest BCUT2D eigenvalue weighted by atomic mass is 10.1. The molecule has 0 radical (unpaired) electrons. The number of ether oxygens (including phenoxy) is 1. The van der Waals surface area contributed by atoms with Gasteiger partial charge in [0.15, 0.2) is 0 Å². The fourth-order valence-electron chi connectivity index (χ4n) is 1.90. The molecular weight excluding hydrogens is 238 g/mol. The highest BCUT2D eigenvalue weighted by Crippen LogP contribution is 2.31. The minimum atomic E-state index is 0.399. The molecule has 0 bridgehead atoms. The highest BCUT2D eigenvalue weighted by Gasteiger charge is 2.10. The standard InChI is InChI=1S/C15H15N3O/c1-9-6-12(8-16)7-10(2)14(9)19-15-13(17)5-4-11(3)18-15/h4-7H,17H2,1-3H3. The van der Waals surface area contributed by atoms with Crippen LogP contribution < -0.4 is 10.5 Å². The van der Waals surface area contributed by atoms with Gasteiger partial charge in [-0.2, -0.15) is 5.26 Å². The highest BCUT2D eigenvalue weighted by atomic mass is 16.5. The number of hydrogen-bond donors (Lipinski definition) is 1. The first kappa shape index (κ1) is 12.9. The van der Waals surface area contributed by atoms with Crippen LogP contribution in [-0.2, 0) is 0 Å². The molecule has 0 aliphatic rings. The van der Waals surface area contributed by atoms with Crippen molar-refractivity contribution < 1.29 is 4.74 Å². The fourth-order valence-corrected chi connectivity index (χ4v) is 1.90. The first-order valence-electron chi connectivity index (χ1n) is 5.93. The summed E-state index contributed by atoms with van der Waals surface area (Å²) in [5, 5.41) is 8.92. The van der Waals surface area contributed by atoms with E-state index in [-0.39, 0.29) is 0 Å². The molecule has 1 heterocycles. The van der Waals surface area contributed by atoms with E-state index in [9.17, 15) is 0 Å². The van der Waals surface area contributed by atoms with Crippen molar-refractivity contribution in [3.05, 3.63) is 46.6 Å². The second-order valence-electron chi connectivity index (χ2n) is 4.50. The van der Waals surface area contributed by atoms with Crippen LogP contribution in [0, 0.1) is 32.1 Å². The monoisotopic (exact) mass is 253 g/mol. The smallest absolute Gasteiger partial charge is 0.242 e. The Morgan fingerprint density at radius 1 is 1.16 bits per heavy atom. The van der Waals surface area contributed by atoms with Crippen molar-refractivity contribution in [3.8, 4) is 17.7 Å². The Morgan fingerprint density at radius 2 is 1.79 bits per heavy atom. The minimum Gasteiger partial charge on any atom is -0.437 e. The van der Waals surface area contributed by atoms with E-state index in [1.54, 1.807) is 18.2 Å². The van der Waals surface area contributed by atoms with Crippen molar-refractivity contribution in [2.24, 2.45) is 0 Å².